The smallest absolute Gasteiger partial charge is 2.00 e. The normalized spacial score (nSPS) is 5.56. The Morgan fingerprint density at radius 1 is 0.444 bits per heavy atom. The molecule has 12 nitrogen and oxygen atoms in total. The van der Waals surface area contributed by atoms with Crippen molar-refractivity contribution in [3.63, 3.8) is 0 Å². The molecule has 0 aliphatic rings. The third-order valence-corrected chi connectivity index (χ3v) is 0. The maximum absolute atomic E-state index is 8.60. The van der Waals surface area contributed by atoms with E-state index in [4.69, 9.17) is 40.5 Å². The Morgan fingerprint density at radius 2 is 0.444 bits per heavy atom. The summed E-state index contributed by atoms with van der Waals surface area (Å²) in [5.41, 5.74) is 0. The van der Waals surface area contributed by atoms with Crippen molar-refractivity contribution in [2.75, 3.05) is 0 Å². The van der Waals surface area contributed by atoms with E-state index in [9.17, 15) is 0 Å². The van der Waals surface area contributed by atoms with Crippen LogP contribution in [0.2, 0.25) is 0 Å². The van der Waals surface area contributed by atoms with E-state index in [-0.39, 0.29) is 76.2 Å². The molecule has 18 heteroatoms. The van der Waals surface area contributed by atoms with Gasteiger partial charge in [0.05, 0.1) is 0 Å². The molecule has 0 aliphatic carbocycles. The summed E-state index contributed by atoms with van der Waals surface area (Å²) in [5, 5.41) is 0. The molecular formula is BaNb4O12Pb. The van der Waals surface area contributed by atoms with E-state index in [1.165, 1.54) is 0 Å². The van der Waals surface area contributed by atoms with Gasteiger partial charge in [-0.05, 0) is 0 Å². The summed E-state index contributed by atoms with van der Waals surface area (Å²) in [4.78, 5) is 0. The van der Waals surface area contributed by atoms with E-state index < -0.39 is 75.1 Å². The van der Waals surface area contributed by atoms with Crippen LogP contribution >= 0.6 is 0 Å². The van der Waals surface area contributed by atoms with Crippen LogP contribution in [0.25, 0.3) is 0 Å². The number of hydrogen-bond acceptors (Lipinski definition) is 12. The quantitative estimate of drug-likeness (QED) is 0.207. The van der Waals surface area contributed by atoms with Gasteiger partial charge >= 0.3 is 192 Å². The number of hydrogen-bond donors (Lipinski definition) is 0. The third kappa shape index (κ3) is 504. The molecule has 0 rings (SSSR count). The van der Waals surface area contributed by atoms with E-state index in [2.05, 4.69) is 0 Å². The minimum atomic E-state index is -4.20. The zero-order chi connectivity index (χ0) is 14.3. The molecule has 0 aliphatic heterocycles. The van der Waals surface area contributed by atoms with Crippen LogP contribution in [-0.2, 0) is 101 Å². The molecule has 0 atom stereocenters. The second-order valence-electron chi connectivity index (χ2n) is 0.894. The second kappa shape index (κ2) is 32.6. The molecule has 18 heavy (non-hydrogen) atoms. The number of rotatable bonds is 0. The average molecular weight is 908 g/mol. The topological polar surface area (TPSA) is 229 Å². The monoisotopic (exact) mass is 909 g/mol. The molecule has 0 amide bonds. The van der Waals surface area contributed by atoms with E-state index in [0.717, 1.165) is 0 Å². The largest absolute Gasteiger partial charge is 2.00 e. The predicted octanol–water partition coefficient (Wildman–Crippen LogP) is -6.48. The van der Waals surface area contributed by atoms with Crippen LogP contribution in [-0.4, -0.2) is 76.2 Å². The minimum absolute atomic E-state index is 0. The fourth-order valence-electron chi connectivity index (χ4n) is 0. The maximum Gasteiger partial charge on any atom is 2.00 e. The van der Waals surface area contributed by atoms with Gasteiger partial charge in [0.25, 0.3) is 0 Å². The van der Waals surface area contributed by atoms with Crippen molar-refractivity contribution in [3.05, 3.63) is 0 Å². The molecule has 98 valence electrons. The van der Waals surface area contributed by atoms with Crippen LogP contribution in [0.4, 0.5) is 0 Å². The zero-order valence-corrected chi connectivity index (χ0v) is 25.0. The van der Waals surface area contributed by atoms with Gasteiger partial charge in [0.1, 0.15) is 0 Å². The van der Waals surface area contributed by atoms with Crippen molar-refractivity contribution in [1.82, 2.24) is 0 Å². The van der Waals surface area contributed by atoms with Crippen LogP contribution < -0.4 is 14.5 Å². The molecule has 0 unspecified atom stereocenters. The first-order valence-electron chi connectivity index (χ1n) is 2.19. The first-order chi connectivity index (χ1) is 6.93. The van der Waals surface area contributed by atoms with E-state index in [1.54, 1.807) is 0 Å². The fraction of sp³-hybridized carbons (Fsp3) is 0. The maximum atomic E-state index is 8.60. The van der Waals surface area contributed by atoms with Gasteiger partial charge in [-0.2, -0.15) is 0 Å². The Hall–Kier alpha value is 3.69. The molecule has 0 bridgehead atoms. The molecule has 0 aromatic rings. The molecule has 0 spiro atoms. The summed E-state index contributed by atoms with van der Waals surface area (Å²) in [5.74, 6) is 0. The Labute approximate surface area is 187 Å². The van der Waals surface area contributed by atoms with Crippen molar-refractivity contribution in [2.45, 2.75) is 0 Å². The third-order valence-electron chi connectivity index (χ3n) is 0. The van der Waals surface area contributed by atoms with Gasteiger partial charge < -0.3 is 0 Å². The van der Waals surface area contributed by atoms with Gasteiger partial charge in [-0.3, -0.25) is 0 Å². The molecular weight excluding hydrogens is 908 g/mol. The minimum Gasteiger partial charge on any atom is 2.00 e. The standard InChI is InChI=1S/Ba.4Nb.12O.Pb/q+2;;;;;;;;;;;;;4*-1;+2. The first-order valence-corrected chi connectivity index (χ1v) is 13.0. The first kappa shape index (κ1) is 37.7. The Bertz CT molecular complexity index is 298. The van der Waals surface area contributed by atoms with Crippen LogP contribution in [0.15, 0.2) is 0 Å². The fourth-order valence-corrected chi connectivity index (χ4v) is 0. The predicted molar refractivity (Wildman–Crippen MR) is 17.0 cm³/mol. The van der Waals surface area contributed by atoms with Crippen LogP contribution in [0.5, 0.6) is 0 Å². The SMILES string of the molecule is [Ba+2].[O]=[Nb](=[O])[O-].[O]=[Nb](=[O])[O-].[O]=[Nb](=[O])[O-].[O]=[Nb](=[O])[O-].[Pb+2]. The molecule has 0 aromatic carbocycles. The van der Waals surface area contributed by atoms with Gasteiger partial charge in [0.2, 0.25) is 0 Å². The van der Waals surface area contributed by atoms with Crippen LogP contribution in [0.3, 0.4) is 0 Å². The Kier molecular flexibility index (Phi) is 68.3. The Morgan fingerprint density at radius 3 is 0.444 bits per heavy atom. The molecule has 0 saturated carbocycles. The van der Waals surface area contributed by atoms with Crippen molar-refractivity contribution >= 4 is 76.2 Å². The van der Waals surface area contributed by atoms with E-state index >= 15 is 0 Å². The van der Waals surface area contributed by atoms with Crippen molar-refractivity contribution < 1.29 is 116 Å². The van der Waals surface area contributed by atoms with E-state index in [0.29, 0.717) is 0 Å². The second-order valence-corrected chi connectivity index (χ2v) is 5.29. The zero-order valence-electron chi connectivity index (χ0n) is 7.89. The summed E-state index contributed by atoms with van der Waals surface area (Å²) in [6.45, 7) is 0. The average Bonchev–Trinajstić information content (AvgIpc) is 1.76. The Balaban J connectivity index is -0.0000000257. The molecule has 0 saturated heterocycles. The molecule has 2 radical (unpaired) electrons. The van der Waals surface area contributed by atoms with E-state index in [1.807, 2.05) is 0 Å². The van der Waals surface area contributed by atoms with Crippen molar-refractivity contribution in [1.29, 1.82) is 0 Å². The summed E-state index contributed by atoms with van der Waals surface area (Å²) in [7, 11) is 0. The summed E-state index contributed by atoms with van der Waals surface area (Å²) in [6, 6.07) is 0. The van der Waals surface area contributed by atoms with Gasteiger partial charge in [0.15, 0.2) is 0 Å². The van der Waals surface area contributed by atoms with Gasteiger partial charge in [0, 0.05) is 0 Å². The van der Waals surface area contributed by atoms with Crippen LogP contribution in [0, 0.1) is 0 Å². The molecule has 0 fully saturated rings. The van der Waals surface area contributed by atoms with Crippen molar-refractivity contribution in [2.24, 2.45) is 0 Å². The molecule has 0 heterocycles. The summed E-state index contributed by atoms with van der Waals surface area (Å²) in [6.07, 6.45) is 0. The van der Waals surface area contributed by atoms with Crippen LogP contribution in [0.1, 0.15) is 0 Å². The van der Waals surface area contributed by atoms with Crippen molar-refractivity contribution in [3.8, 4) is 0 Å². The summed E-state index contributed by atoms with van der Waals surface area (Å²) >= 11 is -16.8. The van der Waals surface area contributed by atoms with Gasteiger partial charge in [-0.1, -0.05) is 0 Å². The molecule has 0 aromatic heterocycles. The molecule has 0 N–H and O–H groups in total. The summed E-state index contributed by atoms with van der Waals surface area (Å²) < 4.78 is 103. The van der Waals surface area contributed by atoms with Gasteiger partial charge in [-0.15, -0.1) is 0 Å². The van der Waals surface area contributed by atoms with Gasteiger partial charge in [-0.25, -0.2) is 0 Å².